The quantitative estimate of drug-likeness (QED) is 0.325. The Morgan fingerprint density at radius 3 is 2.55 bits per heavy atom. The molecule has 0 aromatic heterocycles. The van der Waals surface area contributed by atoms with Gasteiger partial charge in [0.15, 0.2) is 5.96 Å². The second kappa shape index (κ2) is 10.9. The van der Waals surface area contributed by atoms with Crippen molar-refractivity contribution in [1.29, 1.82) is 0 Å². The molecule has 118 valence electrons. The molecule has 0 spiro atoms. The van der Waals surface area contributed by atoms with Crippen molar-refractivity contribution >= 4 is 5.96 Å². The normalized spacial score (nSPS) is 15.7. The number of nitrogens with zero attached hydrogens (tertiary/aromatic N) is 2. The van der Waals surface area contributed by atoms with Crippen LogP contribution < -0.4 is 10.6 Å². The van der Waals surface area contributed by atoms with Crippen molar-refractivity contribution in [2.75, 3.05) is 60.2 Å². The zero-order valence-corrected chi connectivity index (χ0v) is 13.2. The fourth-order valence-corrected chi connectivity index (χ4v) is 2.05. The van der Waals surface area contributed by atoms with Crippen molar-refractivity contribution in [2.24, 2.45) is 4.99 Å². The molecule has 1 aliphatic carbocycles. The van der Waals surface area contributed by atoms with Crippen LogP contribution in [0.25, 0.3) is 0 Å². The fourth-order valence-electron chi connectivity index (χ4n) is 2.05. The average Bonchev–Trinajstić information content (AvgIpc) is 3.29. The third-order valence-corrected chi connectivity index (χ3v) is 3.30. The van der Waals surface area contributed by atoms with Crippen molar-refractivity contribution < 1.29 is 9.47 Å². The summed E-state index contributed by atoms with van der Waals surface area (Å²) in [6.45, 7) is 7.98. The molecule has 20 heavy (non-hydrogen) atoms. The maximum Gasteiger partial charge on any atom is 0.191 e. The Bertz CT molecular complexity index is 270. The van der Waals surface area contributed by atoms with Gasteiger partial charge in [-0.2, -0.15) is 0 Å². The predicted octanol–water partition coefficient (Wildman–Crippen LogP) is 0.299. The highest BCUT2D eigenvalue weighted by molar-refractivity contribution is 5.79. The Morgan fingerprint density at radius 2 is 1.95 bits per heavy atom. The summed E-state index contributed by atoms with van der Waals surface area (Å²) in [5.74, 6) is 0.840. The molecule has 6 nitrogen and oxygen atoms in total. The number of hydrogen-bond donors (Lipinski definition) is 2. The summed E-state index contributed by atoms with van der Waals surface area (Å²) < 4.78 is 10.5. The average molecular weight is 286 g/mol. The van der Waals surface area contributed by atoms with Crippen molar-refractivity contribution in [3.63, 3.8) is 0 Å². The highest BCUT2D eigenvalue weighted by Gasteiger charge is 2.28. The second-order valence-electron chi connectivity index (χ2n) is 4.88. The number of hydrogen-bond acceptors (Lipinski definition) is 4. The summed E-state index contributed by atoms with van der Waals surface area (Å²) in [5.41, 5.74) is 0. The molecule has 0 amide bonds. The van der Waals surface area contributed by atoms with E-state index in [2.05, 4.69) is 20.5 Å². The van der Waals surface area contributed by atoms with Crippen molar-refractivity contribution in [3.05, 3.63) is 0 Å². The number of rotatable bonds is 11. The van der Waals surface area contributed by atoms with Gasteiger partial charge in [0, 0.05) is 53.0 Å². The number of aliphatic imine (C=N–C) groups is 1. The van der Waals surface area contributed by atoms with Gasteiger partial charge in [0.2, 0.25) is 0 Å². The Kier molecular flexibility index (Phi) is 9.36. The van der Waals surface area contributed by atoms with Crippen LogP contribution in [-0.4, -0.2) is 77.1 Å². The predicted molar refractivity (Wildman–Crippen MR) is 82.3 cm³/mol. The summed E-state index contributed by atoms with van der Waals surface area (Å²) in [6, 6.07) is 0.764. The lowest BCUT2D eigenvalue weighted by Gasteiger charge is -2.22. The van der Waals surface area contributed by atoms with Crippen molar-refractivity contribution in [3.8, 4) is 0 Å². The van der Waals surface area contributed by atoms with Gasteiger partial charge in [-0.1, -0.05) is 0 Å². The molecule has 0 heterocycles. The molecule has 0 saturated heterocycles. The summed E-state index contributed by atoms with van der Waals surface area (Å²) in [6.07, 6.45) is 2.65. The monoisotopic (exact) mass is 286 g/mol. The first kappa shape index (κ1) is 17.2. The number of nitrogens with one attached hydrogen (secondary N) is 2. The molecule has 0 radical (unpaired) electrons. The summed E-state index contributed by atoms with van der Waals surface area (Å²) >= 11 is 0. The SMILES string of the molecule is CCOCCNC(=NC)NCCN(CCOC)C1CC1. The number of methoxy groups -OCH3 is 1. The van der Waals surface area contributed by atoms with E-state index >= 15 is 0 Å². The van der Waals surface area contributed by atoms with Crippen molar-refractivity contribution in [1.82, 2.24) is 15.5 Å². The van der Waals surface area contributed by atoms with Gasteiger partial charge in [0.1, 0.15) is 0 Å². The van der Waals surface area contributed by atoms with Crippen LogP contribution in [0.1, 0.15) is 19.8 Å². The van der Waals surface area contributed by atoms with Crippen LogP contribution in [0.4, 0.5) is 0 Å². The van der Waals surface area contributed by atoms with Gasteiger partial charge in [-0.15, -0.1) is 0 Å². The Hall–Kier alpha value is -0.850. The van der Waals surface area contributed by atoms with E-state index in [9.17, 15) is 0 Å². The highest BCUT2D eigenvalue weighted by atomic mass is 16.5. The molecular weight excluding hydrogens is 256 g/mol. The van der Waals surface area contributed by atoms with Crippen LogP contribution in [0, 0.1) is 0 Å². The van der Waals surface area contributed by atoms with Crippen molar-refractivity contribution in [2.45, 2.75) is 25.8 Å². The topological polar surface area (TPSA) is 58.1 Å². The molecule has 1 rings (SSSR count). The highest BCUT2D eigenvalue weighted by Crippen LogP contribution is 2.25. The molecule has 0 aromatic carbocycles. The van der Waals surface area contributed by atoms with Gasteiger partial charge >= 0.3 is 0 Å². The van der Waals surface area contributed by atoms with Crippen LogP contribution in [-0.2, 0) is 9.47 Å². The lowest BCUT2D eigenvalue weighted by molar-refractivity contribution is 0.144. The first-order valence-electron chi connectivity index (χ1n) is 7.57. The van der Waals surface area contributed by atoms with Gasteiger partial charge in [-0.05, 0) is 19.8 Å². The van der Waals surface area contributed by atoms with Crippen LogP contribution in [0.5, 0.6) is 0 Å². The van der Waals surface area contributed by atoms with Gasteiger partial charge in [-0.3, -0.25) is 9.89 Å². The van der Waals surface area contributed by atoms with E-state index < -0.39 is 0 Å². The zero-order chi connectivity index (χ0) is 14.6. The molecule has 0 aromatic rings. The first-order chi connectivity index (χ1) is 9.81. The van der Waals surface area contributed by atoms with E-state index in [1.54, 1.807) is 14.2 Å². The smallest absolute Gasteiger partial charge is 0.191 e. The third kappa shape index (κ3) is 7.67. The van der Waals surface area contributed by atoms with Gasteiger partial charge in [0.05, 0.1) is 13.2 Å². The molecule has 0 atom stereocenters. The van der Waals surface area contributed by atoms with Crippen LogP contribution in [0.2, 0.25) is 0 Å². The summed E-state index contributed by atoms with van der Waals surface area (Å²) in [5, 5.41) is 6.57. The fraction of sp³-hybridized carbons (Fsp3) is 0.929. The van der Waals surface area contributed by atoms with E-state index in [-0.39, 0.29) is 0 Å². The van der Waals surface area contributed by atoms with Crippen LogP contribution in [0.3, 0.4) is 0 Å². The molecule has 0 aliphatic heterocycles. The van der Waals surface area contributed by atoms with E-state index in [1.165, 1.54) is 12.8 Å². The minimum absolute atomic E-state index is 0.708. The Balaban J connectivity index is 2.12. The van der Waals surface area contributed by atoms with Crippen LogP contribution >= 0.6 is 0 Å². The first-order valence-corrected chi connectivity index (χ1v) is 7.57. The maximum absolute atomic E-state index is 5.29. The standard InChI is InChI=1S/C14H30N4O2/c1-4-20-11-8-17-14(15-2)16-7-9-18(10-12-19-3)13-5-6-13/h13H,4-12H2,1-3H3,(H2,15,16,17). The van der Waals surface area contributed by atoms with E-state index in [4.69, 9.17) is 9.47 Å². The maximum atomic E-state index is 5.29. The number of guanidine groups is 1. The zero-order valence-electron chi connectivity index (χ0n) is 13.2. The van der Waals surface area contributed by atoms with Crippen LogP contribution in [0.15, 0.2) is 4.99 Å². The van der Waals surface area contributed by atoms with Gasteiger partial charge < -0.3 is 20.1 Å². The molecule has 1 fully saturated rings. The molecule has 1 saturated carbocycles. The minimum Gasteiger partial charge on any atom is -0.383 e. The Labute approximate surface area is 122 Å². The molecule has 1 aliphatic rings. The molecular formula is C14H30N4O2. The minimum atomic E-state index is 0.708. The number of ether oxygens (including phenoxy) is 2. The van der Waals surface area contributed by atoms with E-state index in [0.29, 0.717) is 6.61 Å². The lowest BCUT2D eigenvalue weighted by atomic mass is 10.4. The van der Waals surface area contributed by atoms with Gasteiger partial charge in [-0.25, -0.2) is 0 Å². The molecule has 6 heteroatoms. The Morgan fingerprint density at radius 1 is 1.20 bits per heavy atom. The lowest BCUT2D eigenvalue weighted by Crippen LogP contribution is -2.43. The molecule has 0 unspecified atom stereocenters. The molecule has 2 N–H and O–H groups in total. The second-order valence-corrected chi connectivity index (χ2v) is 4.88. The third-order valence-electron chi connectivity index (χ3n) is 3.30. The van der Waals surface area contributed by atoms with E-state index in [0.717, 1.165) is 51.4 Å². The largest absolute Gasteiger partial charge is 0.383 e. The molecule has 0 bridgehead atoms. The van der Waals surface area contributed by atoms with Gasteiger partial charge in [0.25, 0.3) is 0 Å². The summed E-state index contributed by atoms with van der Waals surface area (Å²) in [7, 11) is 3.55. The summed E-state index contributed by atoms with van der Waals surface area (Å²) in [4.78, 5) is 6.69. The van der Waals surface area contributed by atoms with E-state index in [1.807, 2.05) is 6.92 Å².